The molecule has 0 aromatic rings. The maximum absolute atomic E-state index is 11.4. The van der Waals surface area contributed by atoms with Crippen LogP contribution in [0.3, 0.4) is 0 Å². The van der Waals surface area contributed by atoms with Gasteiger partial charge in [-0.25, -0.2) is 4.79 Å². The van der Waals surface area contributed by atoms with Crippen LogP contribution in [-0.4, -0.2) is 75.3 Å². The predicted molar refractivity (Wildman–Crippen MR) is 61.7 cm³/mol. The molecule has 4 atom stereocenters. The Morgan fingerprint density at radius 1 is 1.37 bits per heavy atom. The van der Waals surface area contributed by atoms with Crippen molar-refractivity contribution in [1.82, 2.24) is 10.3 Å². The molecule has 19 heavy (non-hydrogen) atoms. The molecule has 10 heteroatoms. The molecule has 0 fully saturated rings. The largest absolute Gasteiger partial charge is 0.394 e. The van der Waals surface area contributed by atoms with Crippen molar-refractivity contribution in [3.8, 4) is 0 Å². The van der Waals surface area contributed by atoms with Gasteiger partial charge in [0.15, 0.2) is 0 Å². The lowest BCUT2D eigenvalue weighted by Gasteiger charge is -2.26. The number of nitrogens with zero attached hydrogens (tertiary/aromatic N) is 2. The fourth-order valence-corrected chi connectivity index (χ4v) is 1.20. The first-order valence-electron chi connectivity index (χ1n) is 5.44. The maximum Gasteiger partial charge on any atom is 0.341 e. The summed E-state index contributed by atoms with van der Waals surface area (Å²) in [7, 11) is 0. The number of carbonyl (C=O) groups excluding carboxylic acids is 2. The topological polar surface area (TPSA) is 160 Å². The van der Waals surface area contributed by atoms with E-state index in [4.69, 9.17) is 10.2 Å². The Kier molecular flexibility index (Phi) is 7.75. The van der Waals surface area contributed by atoms with E-state index in [0.717, 1.165) is 0 Å². The van der Waals surface area contributed by atoms with Crippen molar-refractivity contribution in [3.05, 3.63) is 4.91 Å². The van der Waals surface area contributed by atoms with Crippen LogP contribution in [-0.2, 0) is 4.79 Å². The molecule has 110 valence electrons. The Balaban J connectivity index is 4.70. The quantitative estimate of drug-likeness (QED) is 0.184. The molecular formula is C9H17N3O7. The summed E-state index contributed by atoms with van der Waals surface area (Å²) < 4.78 is 0. The van der Waals surface area contributed by atoms with Crippen molar-refractivity contribution in [3.63, 3.8) is 0 Å². The second kappa shape index (κ2) is 8.48. The van der Waals surface area contributed by atoms with Gasteiger partial charge in [0.2, 0.25) is 0 Å². The van der Waals surface area contributed by atoms with Gasteiger partial charge in [-0.05, 0) is 6.92 Å². The highest BCUT2D eigenvalue weighted by Crippen LogP contribution is 2.04. The summed E-state index contributed by atoms with van der Waals surface area (Å²) in [5.74, 6) is 0. The van der Waals surface area contributed by atoms with Crippen molar-refractivity contribution in [1.29, 1.82) is 0 Å². The highest BCUT2D eigenvalue weighted by atomic mass is 16.4. The first kappa shape index (κ1) is 17.4. The molecule has 0 aliphatic rings. The predicted octanol–water partition coefficient (Wildman–Crippen LogP) is -2.66. The summed E-state index contributed by atoms with van der Waals surface area (Å²) in [5, 5.41) is 41.4. The number of rotatable bonds is 8. The van der Waals surface area contributed by atoms with Crippen LogP contribution in [0.25, 0.3) is 0 Å². The summed E-state index contributed by atoms with van der Waals surface area (Å²) in [4.78, 5) is 32.4. The second-order valence-electron chi connectivity index (χ2n) is 3.64. The van der Waals surface area contributed by atoms with Crippen LogP contribution in [0.5, 0.6) is 0 Å². The molecule has 0 aliphatic heterocycles. The van der Waals surface area contributed by atoms with E-state index in [1.807, 2.05) is 5.32 Å². The van der Waals surface area contributed by atoms with Crippen molar-refractivity contribution in [2.75, 3.05) is 13.2 Å². The van der Waals surface area contributed by atoms with Gasteiger partial charge in [0.1, 0.15) is 30.6 Å². The van der Waals surface area contributed by atoms with Gasteiger partial charge in [-0.3, -0.25) is 0 Å². The normalized spacial score (nSPS) is 16.9. The molecule has 0 rings (SSSR count). The summed E-state index contributed by atoms with van der Waals surface area (Å²) in [6.07, 6.45) is -5.26. The van der Waals surface area contributed by atoms with E-state index >= 15 is 0 Å². The number of urea groups is 1. The van der Waals surface area contributed by atoms with Crippen LogP contribution >= 0.6 is 0 Å². The summed E-state index contributed by atoms with van der Waals surface area (Å²) >= 11 is 0. The minimum absolute atomic E-state index is 0.0567. The number of hydrogen-bond acceptors (Lipinski definition) is 8. The number of amides is 2. The van der Waals surface area contributed by atoms with Crippen LogP contribution in [0.1, 0.15) is 6.92 Å². The Morgan fingerprint density at radius 3 is 2.32 bits per heavy atom. The van der Waals surface area contributed by atoms with Gasteiger partial charge >= 0.3 is 6.03 Å². The molecule has 0 heterocycles. The molecule has 0 spiro atoms. The Labute approximate surface area is 108 Å². The van der Waals surface area contributed by atoms with Gasteiger partial charge < -0.3 is 30.5 Å². The minimum atomic E-state index is -1.85. The minimum Gasteiger partial charge on any atom is -0.394 e. The third-order valence-corrected chi connectivity index (χ3v) is 2.37. The first-order valence-corrected chi connectivity index (χ1v) is 5.44. The molecule has 0 saturated carbocycles. The number of nitroso groups, excluding NO2 is 1. The summed E-state index contributed by atoms with van der Waals surface area (Å²) in [6, 6.07) is -2.61. The van der Waals surface area contributed by atoms with Gasteiger partial charge in [-0.15, -0.1) is 4.91 Å². The average Bonchev–Trinajstić information content (AvgIpc) is 2.43. The van der Waals surface area contributed by atoms with E-state index in [-0.39, 0.29) is 12.8 Å². The third kappa shape index (κ3) is 4.87. The monoisotopic (exact) mass is 279 g/mol. The zero-order chi connectivity index (χ0) is 15.0. The van der Waals surface area contributed by atoms with Crippen molar-refractivity contribution >= 4 is 12.3 Å². The summed E-state index contributed by atoms with van der Waals surface area (Å²) in [5.41, 5.74) is 0. The molecule has 0 unspecified atom stereocenters. The zero-order valence-electron chi connectivity index (χ0n) is 10.2. The lowest BCUT2D eigenvalue weighted by molar-refractivity contribution is -0.119. The zero-order valence-corrected chi connectivity index (χ0v) is 10.2. The SMILES string of the molecule is CCN(N=O)C(=O)N[C@@H](C=O)[C@@H](O)[C@H](O)[C@H](O)CO. The van der Waals surface area contributed by atoms with E-state index in [9.17, 15) is 24.7 Å². The van der Waals surface area contributed by atoms with E-state index in [0.29, 0.717) is 5.01 Å². The van der Waals surface area contributed by atoms with Gasteiger partial charge in [0, 0.05) is 6.54 Å². The molecule has 5 N–H and O–H groups in total. The smallest absolute Gasteiger partial charge is 0.341 e. The Bertz CT molecular complexity index is 314. The van der Waals surface area contributed by atoms with Crippen molar-refractivity contribution in [2.45, 2.75) is 31.3 Å². The standard InChI is InChI=1S/C9H17N3O7/c1-2-12(11-19)9(18)10-5(3-13)7(16)8(17)6(15)4-14/h3,5-8,14-17H,2,4H2,1H3,(H,10,18)/t5-,6+,7+,8+/m0/s1. The van der Waals surface area contributed by atoms with E-state index in [2.05, 4.69) is 5.29 Å². The Morgan fingerprint density at radius 2 is 1.95 bits per heavy atom. The summed E-state index contributed by atoms with van der Waals surface area (Å²) in [6.45, 7) is 0.561. The van der Waals surface area contributed by atoms with Crippen molar-refractivity contribution in [2.24, 2.45) is 5.29 Å². The number of carbonyl (C=O) groups is 2. The highest BCUT2D eigenvalue weighted by molar-refractivity contribution is 5.78. The molecule has 10 nitrogen and oxygen atoms in total. The number of hydrogen-bond donors (Lipinski definition) is 5. The first-order chi connectivity index (χ1) is 8.92. The fraction of sp³-hybridized carbons (Fsp3) is 0.778. The second-order valence-corrected chi connectivity index (χ2v) is 3.64. The van der Waals surface area contributed by atoms with E-state index < -0.39 is 37.0 Å². The van der Waals surface area contributed by atoms with Gasteiger partial charge in [0.05, 0.1) is 11.9 Å². The molecule has 0 radical (unpaired) electrons. The maximum atomic E-state index is 11.4. The number of aliphatic hydroxyl groups excluding tert-OH is 4. The lowest BCUT2D eigenvalue weighted by Crippen LogP contribution is -2.55. The van der Waals surface area contributed by atoms with Gasteiger partial charge in [0.25, 0.3) is 0 Å². The molecule has 0 bridgehead atoms. The van der Waals surface area contributed by atoms with Crippen LogP contribution in [0.15, 0.2) is 5.29 Å². The van der Waals surface area contributed by atoms with Crippen LogP contribution in [0, 0.1) is 4.91 Å². The molecular weight excluding hydrogens is 262 g/mol. The number of aldehydes is 1. The third-order valence-electron chi connectivity index (χ3n) is 2.37. The average molecular weight is 279 g/mol. The molecule has 0 aromatic heterocycles. The number of nitrogens with one attached hydrogen (secondary N) is 1. The highest BCUT2D eigenvalue weighted by Gasteiger charge is 2.32. The lowest BCUT2D eigenvalue weighted by atomic mass is 10.0. The molecule has 0 saturated heterocycles. The molecule has 2 amide bonds. The van der Waals surface area contributed by atoms with Crippen molar-refractivity contribution < 1.29 is 30.0 Å². The number of aliphatic hydroxyl groups is 4. The molecule has 0 aliphatic carbocycles. The van der Waals surface area contributed by atoms with Crippen LogP contribution in [0.4, 0.5) is 4.79 Å². The van der Waals surface area contributed by atoms with Gasteiger partial charge in [-0.2, -0.15) is 5.01 Å². The van der Waals surface area contributed by atoms with Crippen LogP contribution < -0.4 is 5.32 Å². The van der Waals surface area contributed by atoms with Crippen LogP contribution in [0.2, 0.25) is 0 Å². The van der Waals surface area contributed by atoms with Gasteiger partial charge in [-0.1, -0.05) is 0 Å². The fourth-order valence-electron chi connectivity index (χ4n) is 1.20. The molecule has 0 aromatic carbocycles. The Hall–Kier alpha value is -1.62. The van der Waals surface area contributed by atoms with E-state index in [1.165, 1.54) is 6.92 Å². The van der Waals surface area contributed by atoms with E-state index in [1.54, 1.807) is 0 Å².